The summed E-state index contributed by atoms with van der Waals surface area (Å²) in [6.07, 6.45) is -0.707. The van der Waals surface area contributed by atoms with Crippen molar-refractivity contribution in [2.24, 2.45) is 0 Å². The van der Waals surface area contributed by atoms with Gasteiger partial charge in [0.2, 0.25) is 0 Å². The van der Waals surface area contributed by atoms with Gasteiger partial charge in [0.1, 0.15) is 10.8 Å². The lowest BCUT2D eigenvalue weighted by Gasteiger charge is -2.16. The molecule has 0 radical (unpaired) electrons. The van der Waals surface area contributed by atoms with E-state index in [1.807, 2.05) is 31.2 Å². The number of nitrogens with zero attached hydrogens (tertiary/aromatic N) is 2. The summed E-state index contributed by atoms with van der Waals surface area (Å²) in [5, 5.41) is 0.413. The lowest BCUT2D eigenvalue weighted by molar-refractivity contribution is -0.139. The molecule has 0 aliphatic carbocycles. The van der Waals surface area contributed by atoms with Crippen LogP contribution in [0.5, 0.6) is 5.75 Å². The second-order valence-corrected chi connectivity index (χ2v) is 7.82. The fourth-order valence-electron chi connectivity index (χ4n) is 3.20. The smallest absolute Gasteiger partial charge is 0.419 e. The van der Waals surface area contributed by atoms with Gasteiger partial charge >= 0.3 is 6.18 Å². The number of hydrogen-bond donors (Lipinski definition) is 0. The molecule has 0 spiro atoms. The van der Waals surface area contributed by atoms with Crippen molar-refractivity contribution in [1.82, 2.24) is 9.36 Å². The Balaban J connectivity index is 2.03. The third kappa shape index (κ3) is 5.25. The molecule has 0 bridgehead atoms. The van der Waals surface area contributed by atoms with Gasteiger partial charge in [0.15, 0.2) is 5.82 Å². The second kappa shape index (κ2) is 9.51. The zero-order chi connectivity index (χ0) is 22.6. The summed E-state index contributed by atoms with van der Waals surface area (Å²) < 4.78 is 55.5. The number of alkyl halides is 3. The first-order valence-corrected chi connectivity index (χ1v) is 10.6. The average molecular weight is 449 g/mol. The van der Waals surface area contributed by atoms with E-state index >= 15 is 0 Å². The van der Waals surface area contributed by atoms with Gasteiger partial charge in [-0.3, -0.25) is 0 Å². The molecule has 0 fully saturated rings. The van der Waals surface area contributed by atoms with E-state index in [0.29, 0.717) is 16.4 Å². The zero-order valence-corrected chi connectivity index (χ0v) is 18.5. The van der Waals surface area contributed by atoms with Crippen LogP contribution in [0.1, 0.15) is 37.5 Å². The molecule has 0 amide bonds. The maximum atomic E-state index is 13.6. The average Bonchev–Trinajstić information content (AvgIpc) is 3.21. The molecule has 164 valence electrons. The van der Waals surface area contributed by atoms with E-state index in [0.717, 1.165) is 40.7 Å². The van der Waals surface area contributed by atoms with Crippen molar-refractivity contribution < 1.29 is 22.6 Å². The Morgan fingerprint density at radius 1 is 1.16 bits per heavy atom. The van der Waals surface area contributed by atoms with Crippen LogP contribution in [-0.2, 0) is 17.3 Å². The van der Waals surface area contributed by atoms with Gasteiger partial charge in [-0.2, -0.15) is 17.5 Å². The van der Waals surface area contributed by atoms with Gasteiger partial charge in [0.05, 0.1) is 25.0 Å². The zero-order valence-electron chi connectivity index (χ0n) is 17.7. The van der Waals surface area contributed by atoms with Crippen LogP contribution >= 0.6 is 11.5 Å². The van der Waals surface area contributed by atoms with Crippen LogP contribution in [0.4, 0.5) is 13.2 Å². The summed E-state index contributed by atoms with van der Waals surface area (Å²) >= 11 is 1.07. The number of halogens is 3. The normalized spacial score (nSPS) is 12.0. The lowest BCUT2D eigenvalue weighted by atomic mass is 9.98. The highest BCUT2D eigenvalue weighted by atomic mass is 32.1. The molecule has 4 nitrogen and oxygen atoms in total. The van der Waals surface area contributed by atoms with E-state index < -0.39 is 11.7 Å². The fourth-order valence-corrected chi connectivity index (χ4v) is 3.87. The van der Waals surface area contributed by atoms with Crippen molar-refractivity contribution in [3.63, 3.8) is 0 Å². The molecule has 2 aromatic carbocycles. The summed E-state index contributed by atoms with van der Waals surface area (Å²) in [5.41, 5.74) is 2.39. The van der Waals surface area contributed by atoms with Gasteiger partial charge in [-0.1, -0.05) is 25.1 Å². The Morgan fingerprint density at radius 3 is 2.58 bits per heavy atom. The number of benzene rings is 2. The molecule has 0 unspecified atom stereocenters. The third-order valence-corrected chi connectivity index (χ3v) is 5.28. The predicted molar refractivity (Wildman–Crippen MR) is 117 cm³/mol. The van der Waals surface area contributed by atoms with Crippen molar-refractivity contribution >= 4 is 17.6 Å². The minimum atomic E-state index is -4.54. The van der Waals surface area contributed by atoms with Gasteiger partial charge in [-0.25, -0.2) is 4.98 Å². The number of hydrogen-bond acceptors (Lipinski definition) is 5. The molecule has 3 rings (SSSR count). The highest BCUT2D eigenvalue weighted by Crippen LogP contribution is 2.40. The Morgan fingerprint density at radius 2 is 1.94 bits per heavy atom. The summed E-state index contributed by atoms with van der Waals surface area (Å²) in [7, 11) is 1.58. The molecule has 3 aromatic rings. The van der Waals surface area contributed by atoms with Crippen molar-refractivity contribution in [3.8, 4) is 27.7 Å². The number of rotatable bonds is 7. The highest BCUT2D eigenvalue weighted by Gasteiger charge is 2.35. The topological polar surface area (TPSA) is 44.2 Å². The summed E-state index contributed by atoms with van der Waals surface area (Å²) in [6.45, 7) is 5.40. The molecule has 1 heterocycles. The minimum absolute atomic E-state index is 0.193. The van der Waals surface area contributed by atoms with E-state index in [-0.39, 0.29) is 11.9 Å². The molecule has 0 atom stereocenters. The van der Waals surface area contributed by atoms with Crippen molar-refractivity contribution in [2.75, 3.05) is 7.11 Å². The van der Waals surface area contributed by atoms with Crippen LogP contribution in [-0.4, -0.2) is 22.6 Å². The first-order chi connectivity index (χ1) is 14.7. The maximum absolute atomic E-state index is 13.6. The Bertz CT molecular complexity index is 1070. The Hall–Kier alpha value is -2.87. The molecular weight excluding hydrogens is 425 g/mol. The molecule has 0 saturated heterocycles. The van der Waals surface area contributed by atoms with Gasteiger partial charge in [0, 0.05) is 11.1 Å². The molecule has 0 aliphatic heterocycles. The minimum Gasteiger partial charge on any atom is -0.504 e. The van der Waals surface area contributed by atoms with E-state index in [2.05, 4.69) is 9.36 Å². The van der Waals surface area contributed by atoms with Crippen LogP contribution in [0.2, 0.25) is 0 Å². The molecule has 0 aliphatic rings. The molecule has 8 heteroatoms. The SMILES string of the molecule is CCc1c(C=COC)cccc1-c1nsc(-c2ccc(OC(C)C)c(C(F)(F)F)c2)n1. The van der Waals surface area contributed by atoms with Gasteiger partial charge in [0.25, 0.3) is 0 Å². The summed E-state index contributed by atoms with van der Waals surface area (Å²) in [6, 6.07) is 9.76. The molecule has 0 N–H and O–H groups in total. The first kappa shape index (κ1) is 22.8. The van der Waals surface area contributed by atoms with Crippen LogP contribution in [0.3, 0.4) is 0 Å². The standard InChI is InChI=1S/C23H23F3N2O2S/c1-5-17-15(11-12-29-4)7-6-8-18(17)21-27-22(31-28-21)16-9-10-20(30-14(2)3)19(13-16)23(24,25)26/h6-14H,5H2,1-4H3. The van der Waals surface area contributed by atoms with E-state index in [1.54, 1.807) is 33.3 Å². The number of ether oxygens (including phenoxy) is 2. The maximum Gasteiger partial charge on any atom is 0.419 e. The van der Waals surface area contributed by atoms with Crippen LogP contribution in [0, 0.1) is 0 Å². The number of aromatic nitrogens is 2. The monoisotopic (exact) mass is 448 g/mol. The van der Waals surface area contributed by atoms with E-state index in [9.17, 15) is 13.2 Å². The van der Waals surface area contributed by atoms with E-state index in [4.69, 9.17) is 9.47 Å². The van der Waals surface area contributed by atoms with Crippen molar-refractivity contribution in [2.45, 2.75) is 39.5 Å². The van der Waals surface area contributed by atoms with E-state index in [1.165, 1.54) is 6.07 Å². The lowest BCUT2D eigenvalue weighted by Crippen LogP contribution is -2.13. The molecule has 0 saturated carbocycles. The van der Waals surface area contributed by atoms with Crippen LogP contribution in [0.15, 0.2) is 42.7 Å². The van der Waals surface area contributed by atoms with Gasteiger partial charge in [-0.05, 0) is 67.2 Å². The molecular formula is C23H23F3N2O2S. The Labute approximate surface area is 183 Å². The largest absolute Gasteiger partial charge is 0.504 e. The number of methoxy groups -OCH3 is 1. The summed E-state index contributed by atoms with van der Waals surface area (Å²) in [4.78, 5) is 4.54. The second-order valence-electron chi connectivity index (χ2n) is 7.06. The third-order valence-electron chi connectivity index (χ3n) is 4.51. The Kier molecular flexibility index (Phi) is 7.00. The van der Waals surface area contributed by atoms with Gasteiger partial charge < -0.3 is 9.47 Å². The highest BCUT2D eigenvalue weighted by molar-refractivity contribution is 7.09. The van der Waals surface area contributed by atoms with Crippen LogP contribution in [0.25, 0.3) is 28.0 Å². The molecule has 31 heavy (non-hydrogen) atoms. The quantitative estimate of drug-likeness (QED) is 0.371. The summed E-state index contributed by atoms with van der Waals surface area (Å²) in [5.74, 6) is 0.294. The van der Waals surface area contributed by atoms with Crippen LogP contribution < -0.4 is 4.74 Å². The first-order valence-electron chi connectivity index (χ1n) is 9.78. The fraction of sp³-hybridized carbons (Fsp3) is 0.304. The molecule has 1 aromatic heterocycles. The van der Waals surface area contributed by atoms with Gasteiger partial charge in [-0.15, -0.1) is 0 Å². The van der Waals surface area contributed by atoms with Crippen molar-refractivity contribution in [1.29, 1.82) is 0 Å². The predicted octanol–water partition coefficient (Wildman–Crippen LogP) is 6.86. The van der Waals surface area contributed by atoms with Crippen molar-refractivity contribution in [3.05, 3.63) is 59.4 Å².